The van der Waals surface area contributed by atoms with E-state index in [4.69, 9.17) is 13.3 Å². The minimum Gasteiger partial charge on any atom is -0.414 e. The fourth-order valence-electron chi connectivity index (χ4n) is 1.78. The molecule has 0 bridgehead atoms. The topological polar surface area (TPSA) is 61.8 Å². The predicted molar refractivity (Wildman–Crippen MR) is 103 cm³/mol. The van der Waals surface area contributed by atoms with Crippen LogP contribution in [0.4, 0.5) is 0 Å². The third-order valence-corrected chi connectivity index (χ3v) is 10.3. The smallest absolute Gasteiger partial charge is 0.296 e. The molecule has 1 rings (SSSR count). The average Bonchev–Trinajstić information content (AvgIpc) is 2.49. The van der Waals surface area contributed by atoms with Gasteiger partial charge in [-0.25, -0.2) is 0 Å². The molecule has 0 unspecified atom stereocenters. The average molecular weight is 389 g/mol. The highest BCUT2D eigenvalue weighted by Gasteiger charge is 2.36. The lowest BCUT2D eigenvalue weighted by atomic mass is 10.2. The maximum absolute atomic E-state index is 12.0. The Balaban J connectivity index is 2.19. The van der Waals surface area contributed by atoms with E-state index in [2.05, 4.69) is 33.9 Å². The normalized spacial score (nSPS) is 13.2. The van der Waals surface area contributed by atoms with Gasteiger partial charge in [0.25, 0.3) is 10.1 Å². The van der Waals surface area contributed by atoms with Gasteiger partial charge < -0.3 is 9.16 Å². The number of aryl methyl sites for hydroxylation is 1. The van der Waals surface area contributed by atoms with Crippen molar-refractivity contribution in [2.75, 3.05) is 26.4 Å². The first kappa shape index (κ1) is 22.3. The Morgan fingerprint density at radius 1 is 0.960 bits per heavy atom. The van der Waals surface area contributed by atoms with Gasteiger partial charge in [0.05, 0.1) is 24.7 Å². The summed E-state index contributed by atoms with van der Waals surface area (Å²) in [5.74, 6) is 0. The van der Waals surface area contributed by atoms with Crippen molar-refractivity contribution < 1.29 is 21.8 Å². The van der Waals surface area contributed by atoms with Crippen molar-refractivity contribution in [3.05, 3.63) is 29.8 Å². The zero-order valence-corrected chi connectivity index (χ0v) is 18.1. The minimum absolute atomic E-state index is 0.110. The first-order valence-corrected chi connectivity index (χ1v) is 13.0. The lowest BCUT2D eigenvalue weighted by Crippen LogP contribution is -2.41. The van der Waals surface area contributed by atoms with Gasteiger partial charge in [-0.1, -0.05) is 38.5 Å². The molecule has 0 aliphatic rings. The molecule has 0 radical (unpaired) electrons. The van der Waals surface area contributed by atoms with Crippen LogP contribution >= 0.6 is 0 Å². The van der Waals surface area contributed by atoms with Crippen LogP contribution in [0, 0.1) is 6.92 Å². The van der Waals surface area contributed by atoms with Crippen LogP contribution in [-0.4, -0.2) is 43.2 Å². The Morgan fingerprint density at radius 2 is 1.56 bits per heavy atom. The monoisotopic (exact) mass is 388 g/mol. The Morgan fingerprint density at radius 3 is 2.12 bits per heavy atom. The van der Waals surface area contributed by atoms with Crippen molar-refractivity contribution in [2.45, 2.75) is 57.1 Å². The molecule has 0 N–H and O–H groups in total. The van der Waals surface area contributed by atoms with Crippen LogP contribution in [0.3, 0.4) is 0 Å². The van der Waals surface area contributed by atoms with E-state index in [0.29, 0.717) is 26.2 Å². The Labute approximate surface area is 153 Å². The molecule has 0 amide bonds. The van der Waals surface area contributed by atoms with Crippen molar-refractivity contribution in [2.24, 2.45) is 0 Å². The number of benzene rings is 1. The summed E-state index contributed by atoms with van der Waals surface area (Å²) in [6.45, 7) is 14.6. The summed E-state index contributed by atoms with van der Waals surface area (Å²) in [5, 5.41) is 0.186. The van der Waals surface area contributed by atoms with Gasteiger partial charge >= 0.3 is 0 Å². The number of ether oxygens (including phenoxy) is 1. The molecule has 0 fully saturated rings. The van der Waals surface area contributed by atoms with Crippen LogP contribution in [-0.2, 0) is 23.5 Å². The second kappa shape index (κ2) is 9.28. The molecular formula is C18H32O5SSi. The molecule has 0 aromatic heterocycles. The minimum atomic E-state index is -3.68. The predicted octanol–water partition coefficient (Wildman–Crippen LogP) is 4.13. The van der Waals surface area contributed by atoms with Crippen LogP contribution in [0.25, 0.3) is 0 Å². The second-order valence-corrected chi connectivity index (χ2v) is 14.1. The summed E-state index contributed by atoms with van der Waals surface area (Å²) in [4.78, 5) is 0.182. The second-order valence-electron chi connectivity index (χ2n) is 7.66. The van der Waals surface area contributed by atoms with E-state index < -0.39 is 18.4 Å². The van der Waals surface area contributed by atoms with Gasteiger partial charge in [0.15, 0.2) is 8.32 Å². The first-order valence-electron chi connectivity index (χ1n) is 8.63. The lowest BCUT2D eigenvalue weighted by molar-refractivity contribution is 0.0869. The number of hydrogen-bond acceptors (Lipinski definition) is 5. The molecule has 0 aliphatic heterocycles. The molecular weight excluding hydrogens is 356 g/mol. The van der Waals surface area contributed by atoms with E-state index in [1.807, 2.05) is 6.92 Å². The summed E-state index contributed by atoms with van der Waals surface area (Å²) in [6, 6.07) is 6.61. The van der Waals surface area contributed by atoms with E-state index >= 15 is 0 Å². The number of rotatable bonds is 10. The third-order valence-electron chi connectivity index (χ3n) is 4.48. The van der Waals surface area contributed by atoms with Crippen LogP contribution < -0.4 is 0 Å². The van der Waals surface area contributed by atoms with E-state index in [0.717, 1.165) is 5.56 Å². The fraction of sp³-hybridized carbons (Fsp3) is 0.667. The van der Waals surface area contributed by atoms with E-state index in [1.54, 1.807) is 24.3 Å². The van der Waals surface area contributed by atoms with E-state index in [-0.39, 0.29) is 16.5 Å². The standard InChI is InChI=1S/C18H32O5SSi/c1-16-8-10-17(11-9-16)24(19,20)22-13-7-12-21-14-15-23-25(5,6)18(2,3)4/h8-11H,7,12-15H2,1-6H3. The molecule has 1 aromatic rings. The molecule has 0 saturated heterocycles. The van der Waals surface area contributed by atoms with Gasteiger partial charge in [-0.15, -0.1) is 0 Å². The van der Waals surface area contributed by atoms with Gasteiger partial charge in [0, 0.05) is 6.61 Å². The summed E-state index contributed by atoms with van der Waals surface area (Å²) in [5.41, 5.74) is 1.01. The molecule has 0 saturated carbocycles. The summed E-state index contributed by atoms with van der Waals surface area (Å²) >= 11 is 0. The highest BCUT2D eigenvalue weighted by Crippen LogP contribution is 2.36. The van der Waals surface area contributed by atoms with Crippen molar-refractivity contribution >= 4 is 18.4 Å². The molecule has 0 atom stereocenters. The van der Waals surface area contributed by atoms with Gasteiger partial charge in [-0.05, 0) is 43.6 Å². The SMILES string of the molecule is Cc1ccc(S(=O)(=O)OCCCOCCO[Si](C)(C)C(C)(C)C)cc1. The summed E-state index contributed by atoms with van der Waals surface area (Å²) in [6.07, 6.45) is 0.519. The quantitative estimate of drug-likeness (QED) is 0.343. The highest BCUT2D eigenvalue weighted by molar-refractivity contribution is 7.86. The van der Waals surface area contributed by atoms with Crippen LogP contribution in [0.5, 0.6) is 0 Å². The van der Waals surface area contributed by atoms with Crippen LogP contribution in [0.2, 0.25) is 18.1 Å². The maximum Gasteiger partial charge on any atom is 0.296 e. The molecule has 1 aromatic carbocycles. The van der Waals surface area contributed by atoms with Crippen LogP contribution in [0.15, 0.2) is 29.2 Å². The first-order chi connectivity index (χ1) is 11.5. The van der Waals surface area contributed by atoms with Crippen molar-refractivity contribution in [3.8, 4) is 0 Å². The molecule has 25 heavy (non-hydrogen) atoms. The summed E-state index contributed by atoms with van der Waals surface area (Å²) in [7, 11) is -5.42. The Kier molecular flexibility index (Phi) is 8.28. The fourth-order valence-corrected chi connectivity index (χ4v) is 3.75. The molecule has 7 heteroatoms. The zero-order valence-electron chi connectivity index (χ0n) is 16.3. The third kappa shape index (κ3) is 7.58. The molecule has 0 heterocycles. The number of hydrogen-bond donors (Lipinski definition) is 0. The van der Waals surface area contributed by atoms with Crippen molar-refractivity contribution in [3.63, 3.8) is 0 Å². The lowest BCUT2D eigenvalue weighted by Gasteiger charge is -2.36. The molecule has 0 aliphatic carbocycles. The van der Waals surface area contributed by atoms with Crippen molar-refractivity contribution in [1.82, 2.24) is 0 Å². The van der Waals surface area contributed by atoms with Gasteiger partial charge in [-0.2, -0.15) is 8.42 Å². The molecule has 144 valence electrons. The zero-order chi connectivity index (χ0) is 19.1. The Bertz CT molecular complexity index is 618. The van der Waals surface area contributed by atoms with Crippen LogP contribution in [0.1, 0.15) is 32.8 Å². The maximum atomic E-state index is 12.0. The Hall–Kier alpha value is -0.733. The summed E-state index contributed by atoms with van der Waals surface area (Å²) < 4.78 is 40.5. The van der Waals surface area contributed by atoms with E-state index in [9.17, 15) is 8.42 Å². The van der Waals surface area contributed by atoms with Gasteiger partial charge in [0.1, 0.15) is 0 Å². The highest BCUT2D eigenvalue weighted by atomic mass is 32.2. The van der Waals surface area contributed by atoms with E-state index in [1.165, 1.54) is 0 Å². The molecule has 0 spiro atoms. The molecule has 5 nitrogen and oxygen atoms in total. The van der Waals surface area contributed by atoms with Gasteiger partial charge in [0.2, 0.25) is 0 Å². The van der Waals surface area contributed by atoms with Crippen molar-refractivity contribution in [1.29, 1.82) is 0 Å². The van der Waals surface area contributed by atoms with Gasteiger partial charge in [-0.3, -0.25) is 4.18 Å². The largest absolute Gasteiger partial charge is 0.414 e.